The Morgan fingerprint density at radius 3 is 2.14 bits per heavy atom. The lowest BCUT2D eigenvalue weighted by Gasteiger charge is -2.19. The molecule has 1 unspecified atom stereocenters. The number of nitrogens with one attached hydrogen (secondary N) is 2. The number of aromatic nitrogens is 3. The summed E-state index contributed by atoms with van der Waals surface area (Å²) in [6.07, 6.45) is 4.42. The van der Waals surface area contributed by atoms with Gasteiger partial charge in [-0.05, 0) is 87.3 Å². The van der Waals surface area contributed by atoms with E-state index in [9.17, 15) is 23.2 Å². The predicted octanol–water partition coefficient (Wildman–Crippen LogP) is 5.90. The Bertz CT molecular complexity index is 1500. The Balaban J connectivity index is 0.000000394. The Hall–Kier alpha value is -4.35. The number of hydrogen-bond donors (Lipinski definition) is 3. The predicted molar refractivity (Wildman–Crippen MR) is 169 cm³/mol. The third-order valence-corrected chi connectivity index (χ3v) is 5.87. The van der Waals surface area contributed by atoms with Crippen molar-refractivity contribution in [2.45, 2.75) is 54.0 Å². The molecular weight excluding hydrogens is 568 g/mol. The van der Waals surface area contributed by atoms with Crippen LogP contribution in [0.25, 0.3) is 16.8 Å². The van der Waals surface area contributed by atoms with Gasteiger partial charge in [-0.25, -0.2) is 18.3 Å². The SMILES string of the molecule is CC(C)C.CNC(CC(=O)O)c1cc(-c2c(C)cc(C)cc2C)cc(F)c1F.CNCC=O.O=Cc1cccn2ncnc12. The second-order valence-electron chi connectivity index (χ2n) is 10.6. The molecule has 3 N–H and O–H groups in total. The minimum Gasteiger partial charge on any atom is -0.481 e. The lowest BCUT2D eigenvalue weighted by Crippen LogP contribution is -2.21. The molecule has 0 fully saturated rings. The van der Waals surface area contributed by atoms with Crippen molar-refractivity contribution in [1.29, 1.82) is 0 Å². The lowest BCUT2D eigenvalue weighted by molar-refractivity contribution is -0.137. The maximum absolute atomic E-state index is 14.2. The van der Waals surface area contributed by atoms with Crippen molar-refractivity contribution < 1.29 is 28.3 Å². The molecule has 0 aliphatic heterocycles. The van der Waals surface area contributed by atoms with Crippen LogP contribution in [0.2, 0.25) is 0 Å². The highest BCUT2D eigenvalue weighted by molar-refractivity contribution is 5.83. The van der Waals surface area contributed by atoms with E-state index in [2.05, 4.69) is 41.5 Å². The van der Waals surface area contributed by atoms with Crippen LogP contribution in [0.5, 0.6) is 0 Å². The van der Waals surface area contributed by atoms with Crippen molar-refractivity contribution in [1.82, 2.24) is 25.2 Å². The summed E-state index contributed by atoms with van der Waals surface area (Å²) >= 11 is 0. The van der Waals surface area contributed by atoms with Gasteiger partial charge in [0, 0.05) is 17.8 Å². The van der Waals surface area contributed by atoms with E-state index in [1.807, 2.05) is 32.9 Å². The van der Waals surface area contributed by atoms with E-state index in [0.29, 0.717) is 23.3 Å². The third-order valence-electron chi connectivity index (χ3n) is 5.87. The van der Waals surface area contributed by atoms with Crippen molar-refractivity contribution in [2.24, 2.45) is 5.92 Å². The molecule has 4 rings (SSSR count). The number of aliphatic carboxylic acids is 1. The number of aldehydes is 2. The minimum atomic E-state index is -1.08. The van der Waals surface area contributed by atoms with E-state index in [1.54, 1.807) is 29.9 Å². The molecule has 9 nitrogen and oxygen atoms in total. The van der Waals surface area contributed by atoms with E-state index < -0.39 is 23.6 Å². The number of likely N-dealkylation sites (N-methyl/N-ethyl adjacent to an activating group) is 1. The van der Waals surface area contributed by atoms with Crippen molar-refractivity contribution >= 4 is 24.2 Å². The molecule has 2 heterocycles. The summed E-state index contributed by atoms with van der Waals surface area (Å²) in [6.45, 7) is 12.8. The number of nitrogens with zero attached hydrogens (tertiary/aromatic N) is 3. The van der Waals surface area contributed by atoms with Gasteiger partial charge in [-0.15, -0.1) is 0 Å². The van der Waals surface area contributed by atoms with Gasteiger partial charge in [0.2, 0.25) is 0 Å². The largest absolute Gasteiger partial charge is 0.481 e. The van der Waals surface area contributed by atoms with Gasteiger partial charge < -0.3 is 20.5 Å². The van der Waals surface area contributed by atoms with Gasteiger partial charge in [0.15, 0.2) is 23.6 Å². The van der Waals surface area contributed by atoms with Crippen molar-refractivity contribution in [3.8, 4) is 11.1 Å². The third kappa shape index (κ3) is 11.7. The van der Waals surface area contributed by atoms with Gasteiger partial charge in [0.25, 0.3) is 0 Å². The van der Waals surface area contributed by atoms with E-state index in [4.69, 9.17) is 5.11 Å². The zero-order valence-corrected chi connectivity index (χ0v) is 26.6. The topological polar surface area (TPSA) is 126 Å². The molecule has 0 spiro atoms. The fourth-order valence-electron chi connectivity index (χ4n) is 4.23. The molecule has 0 saturated heterocycles. The first-order chi connectivity index (χ1) is 20.8. The van der Waals surface area contributed by atoms with E-state index >= 15 is 0 Å². The summed E-state index contributed by atoms with van der Waals surface area (Å²) in [5.41, 5.74) is 5.58. The summed E-state index contributed by atoms with van der Waals surface area (Å²) < 4.78 is 30.0. The Morgan fingerprint density at radius 2 is 1.66 bits per heavy atom. The molecule has 0 aliphatic carbocycles. The Kier molecular flexibility index (Phi) is 16.3. The smallest absolute Gasteiger partial charge is 0.305 e. The summed E-state index contributed by atoms with van der Waals surface area (Å²) in [4.78, 5) is 34.7. The second kappa shape index (κ2) is 19.0. The van der Waals surface area contributed by atoms with Crippen LogP contribution in [0.3, 0.4) is 0 Å². The molecule has 0 bridgehead atoms. The molecule has 2 aromatic carbocycles. The molecule has 11 heteroatoms. The first kappa shape index (κ1) is 37.7. The number of carboxylic acids is 1. The standard InChI is InChI=1S/C19H21F2NO2.C7H5N3O.C4H10.C3H7NO/c1-10-5-11(2)18(12(3)6-10)13-7-14(19(21)15(20)8-13)16(22-4)9-17(23)24;11-4-6-2-1-3-10-7(6)8-5-9-10;1-4(2)3;1-4-2-3-5/h5-8,16,22H,9H2,1-4H3,(H,23,24);1-5H;4H,1-3H3;3-4H,2H2,1H3. The van der Waals surface area contributed by atoms with E-state index in [-0.39, 0.29) is 12.0 Å². The number of hydrogen-bond acceptors (Lipinski definition) is 7. The van der Waals surface area contributed by atoms with E-state index in [0.717, 1.165) is 46.8 Å². The van der Waals surface area contributed by atoms with Gasteiger partial charge in [-0.3, -0.25) is 9.59 Å². The lowest BCUT2D eigenvalue weighted by atomic mass is 9.91. The number of fused-ring (bicyclic) bond motifs is 1. The fourth-order valence-corrected chi connectivity index (χ4v) is 4.23. The van der Waals surface area contributed by atoms with Gasteiger partial charge in [0.05, 0.1) is 18.5 Å². The van der Waals surface area contributed by atoms with Crippen LogP contribution < -0.4 is 10.6 Å². The molecule has 0 amide bonds. The Labute approximate surface area is 257 Å². The summed E-state index contributed by atoms with van der Waals surface area (Å²) in [7, 11) is 3.26. The average molecular weight is 612 g/mol. The highest BCUT2D eigenvalue weighted by Crippen LogP contribution is 2.33. The van der Waals surface area contributed by atoms with Gasteiger partial charge in [-0.2, -0.15) is 5.10 Å². The molecule has 1 atom stereocenters. The molecule has 0 aliphatic rings. The van der Waals surface area contributed by atoms with Crippen LogP contribution in [-0.4, -0.2) is 58.9 Å². The van der Waals surface area contributed by atoms with Crippen LogP contribution in [-0.2, 0) is 9.59 Å². The molecule has 4 aromatic rings. The normalized spacial score (nSPS) is 10.9. The van der Waals surface area contributed by atoms with Crippen molar-refractivity contribution in [3.05, 3.63) is 88.4 Å². The first-order valence-corrected chi connectivity index (χ1v) is 14.1. The number of aryl methyl sites for hydroxylation is 3. The van der Waals surface area contributed by atoms with Gasteiger partial charge >= 0.3 is 5.97 Å². The quantitative estimate of drug-likeness (QED) is 0.210. The van der Waals surface area contributed by atoms with Crippen LogP contribution >= 0.6 is 0 Å². The maximum atomic E-state index is 14.2. The molecule has 238 valence electrons. The van der Waals surface area contributed by atoms with Crippen LogP contribution in [0, 0.1) is 38.3 Å². The van der Waals surface area contributed by atoms with Crippen LogP contribution in [0.4, 0.5) is 8.78 Å². The average Bonchev–Trinajstić information content (AvgIpc) is 3.43. The number of benzene rings is 2. The summed E-state index contributed by atoms with van der Waals surface area (Å²) in [5, 5.41) is 18.3. The molecule has 0 radical (unpaired) electrons. The number of carbonyl (C=O) groups is 3. The van der Waals surface area contributed by atoms with Gasteiger partial charge in [-0.1, -0.05) is 38.5 Å². The summed E-state index contributed by atoms with van der Waals surface area (Å²) in [5.74, 6) is -2.24. The number of carbonyl (C=O) groups excluding carboxylic acids is 2. The highest BCUT2D eigenvalue weighted by atomic mass is 19.2. The van der Waals surface area contributed by atoms with Crippen LogP contribution in [0.1, 0.15) is 65.8 Å². The number of carboxylic acid groups (broad SMARTS) is 1. The van der Waals surface area contributed by atoms with Crippen molar-refractivity contribution in [2.75, 3.05) is 20.6 Å². The highest BCUT2D eigenvalue weighted by Gasteiger charge is 2.22. The number of halogens is 2. The second-order valence-corrected chi connectivity index (χ2v) is 10.6. The Morgan fingerprint density at radius 1 is 1.05 bits per heavy atom. The fraction of sp³-hybridized carbons (Fsp3) is 0.364. The molecule has 2 aromatic heterocycles. The molecule has 0 saturated carbocycles. The molecular formula is C33H43F2N5O4. The van der Waals surface area contributed by atoms with Gasteiger partial charge in [0.1, 0.15) is 12.6 Å². The number of rotatable bonds is 8. The zero-order chi connectivity index (χ0) is 33.4. The monoisotopic (exact) mass is 611 g/mol. The first-order valence-electron chi connectivity index (χ1n) is 14.1. The van der Waals surface area contributed by atoms with Crippen LogP contribution in [0.15, 0.2) is 48.9 Å². The van der Waals surface area contributed by atoms with Crippen molar-refractivity contribution in [3.63, 3.8) is 0 Å². The minimum absolute atomic E-state index is 0.0225. The zero-order valence-electron chi connectivity index (χ0n) is 26.6. The molecule has 44 heavy (non-hydrogen) atoms. The summed E-state index contributed by atoms with van der Waals surface area (Å²) in [6, 6.07) is 9.32. The number of pyridine rings is 1. The van der Waals surface area contributed by atoms with E-state index in [1.165, 1.54) is 19.4 Å². The maximum Gasteiger partial charge on any atom is 0.305 e.